The fourth-order valence-electron chi connectivity index (χ4n) is 2.55. The van der Waals surface area contributed by atoms with Crippen LogP contribution in [0.25, 0.3) is 5.65 Å². The second-order valence-electron chi connectivity index (χ2n) is 5.32. The van der Waals surface area contributed by atoms with E-state index in [4.69, 9.17) is 9.47 Å². The number of anilines is 1. The van der Waals surface area contributed by atoms with Crippen LogP contribution < -0.4 is 14.8 Å². The number of aromatic nitrogens is 2. The van der Waals surface area contributed by atoms with Crippen molar-refractivity contribution in [3.8, 4) is 11.5 Å². The molecule has 0 spiro atoms. The van der Waals surface area contributed by atoms with Crippen molar-refractivity contribution in [1.82, 2.24) is 9.38 Å². The van der Waals surface area contributed by atoms with E-state index in [9.17, 15) is 4.79 Å². The number of methoxy groups -OCH3 is 2. The maximum atomic E-state index is 12.2. The van der Waals surface area contributed by atoms with Gasteiger partial charge >= 0.3 is 0 Å². The third-order valence-corrected chi connectivity index (χ3v) is 3.78. The summed E-state index contributed by atoms with van der Waals surface area (Å²) in [5.41, 5.74) is 2.46. The Kier molecular flexibility index (Phi) is 4.65. The van der Waals surface area contributed by atoms with Gasteiger partial charge in [-0.3, -0.25) is 4.79 Å². The number of ether oxygens (including phenoxy) is 2. The molecule has 1 aromatic carbocycles. The number of fused-ring (bicyclic) bond motifs is 1. The van der Waals surface area contributed by atoms with Gasteiger partial charge in [0.1, 0.15) is 0 Å². The van der Waals surface area contributed by atoms with E-state index in [-0.39, 0.29) is 5.91 Å². The highest BCUT2D eigenvalue weighted by Crippen LogP contribution is 2.28. The van der Waals surface area contributed by atoms with Gasteiger partial charge in [0.15, 0.2) is 17.1 Å². The summed E-state index contributed by atoms with van der Waals surface area (Å²) >= 11 is 0. The minimum Gasteiger partial charge on any atom is -0.493 e. The standard InChI is InChI=1S/C18H19N3O3/c1-23-15-7-5-13(12-16(15)24-2)6-8-17(22)20-14-4-3-10-21-11-9-19-18(14)21/h3-5,7,9-12H,6,8H2,1-2H3,(H,20,22). The molecule has 1 N–H and O–H groups in total. The van der Waals surface area contributed by atoms with Gasteiger partial charge < -0.3 is 19.2 Å². The van der Waals surface area contributed by atoms with E-state index < -0.39 is 0 Å². The summed E-state index contributed by atoms with van der Waals surface area (Å²) in [5.74, 6) is 1.29. The number of pyridine rings is 1. The third-order valence-electron chi connectivity index (χ3n) is 3.78. The normalized spacial score (nSPS) is 10.6. The Morgan fingerprint density at radius 3 is 2.79 bits per heavy atom. The van der Waals surface area contributed by atoms with Crippen LogP contribution in [0.4, 0.5) is 5.69 Å². The number of aryl methyl sites for hydroxylation is 1. The van der Waals surface area contributed by atoms with Gasteiger partial charge in [-0.05, 0) is 36.2 Å². The molecule has 0 aliphatic heterocycles. The first kappa shape index (κ1) is 15.9. The summed E-state index contributed by atoms with van der Waals surface area (Å²) in [6, 6.07) is 9.39. The molecule has 0 fully saturated rings. The van der Waals surface area contributed by atoms with E-state index >= 15 is 0 Å². The first-order valence-electron chi connectivity index (χ1n) is 7.63. The highest BCUT2D eigenvalue weighted by Gasteiger charge is 2.09. The molecule has 24 heavy (non-hydrogen) atoms. The molecule has 0 aliphatic rings. The van der Waals surface area contributed by atoms with Gasteiger partial charge in [0.2, 0.25) is 5.91 Å². The van der Waals surface area contributed by atoms with Gasteiger partial charge in [-0.1, -0.05) is 6.07 Å². The molecule has 1 amide bonds. The summed E-state index contributed by atoms with van der Waals surface area (Å²) in [7, 11) is 3.20. The zero-order valence-electron chi connectivity index (χ0n) is 13.7. The summed E-state index contributed by atoms with van der Waals surface area (Å²) in [4.78, 5) is 16.5. The number of benzene rings is 1. The van der Waals surface area contributed by atoms with E-state index in [0.29, 0.717) is 30.0 Å². The number of hydrogen-bond donors (Lipinski definition) is 1. The van der Waals surface area contributed by atoms with E-state index in [1.165, 1.54) is 0 Å². The second-order valence-corrected chi connectivity index (χ2v) is 5.32. The molecular weight excluding hydrogens is 306 g/mol. The molecule has 0 bridgehead atoms. The Hall–Kier alpha value is -3.02. The summed E-state index contributed by atoms with van der Waals surface area (Å²) < 4.78 is 12.4. The van der Waals surface area contributed by atoms with Gasteiger partial charge in [-0.15, -0.1) is 0 Å². The molecule has 0 unspecified atom stereocenters. The highest BCUT2D eigenvalue weighted by molar-refractivity contribution is 5.94. The zero-order valence-corrected chi connectivity index (χ0v) is 13.7. The van der Waals surface area contributed by atoms with Crippen LogP contribution in [0.5, 0.6) is 11.5 Å². The van der Waals surface area contributed by atoms with Gasteiger partial charge in [-0.25, -0.2) is 4.98 Å². The van der Waals surface area contributed by atoms with Crippen molar-refractivity contribution in [2.45, 2.75) is 12.8 Å². The molecule has 3 rings (SSSR count). The van der Waals surface area contributed by atoms with Crippen molar-refractivity contribution in [2.24, 2.45) is 0 Å². The first-order valence-corrected chi connectivity index (χ1v) is 7.63. The fourth-order valence-corrected chi connectivity index (χ4v) is 2.55. The predicted octanol–water partition coefficient (Wildman–Crippen LogP) is 2.92. The Morgan fingerprint density at radius 1 is 1.17 bits per heavy atom. The van der Waals surface area contributed by atoms with Crippen LogP contribution in [0.1, 0.15) is 12.0 Å². The topological polar surface area (TPSA) is 64.9 Å². The number of imidazole rings is 1. The van der Waals surface area contributed by atoms with Crippen LogP contribution in [0.2, 0.25) is 0 Å². The second kappa shape index (κ2) is 7.04. The molecule has 2 heterocycles. The molecule has 0 aliphatic carbocycles. The van der Waals surface area contributed by atoms with E-state index in [1.54, 1.807) is 20.4 Å². The van der Waals surface area contributed by atoms with Crippen LogP contribution in [0, 0.1) is 0 Å². The van der Waals surface area contributed by atoms with Gasteiger partial charge in [0.25, 0.3) is 0 Å². The summed E-state index contributed by atoms with van der Waals surface area (Å²) in [5, 5.41) is 2.91. The Bertz CT molecular complexity index is 858. The van der Waals surface area contributed by atoms with Crippen LogP contribution in [-0.4, -0.2) is 29.5 Å². The van der Waals surface area contributed by atoms with E-state index in [2.05, 4.69) is 10.3 Å². The number of carbonyl (C=O) groups excluding carboxylic acids is 1. The van der Waals surface area contributed by atoms with Crippen LogP contribution in [-0.2, 0) is 11.2 Å². The van der Waals surface area contributed by atoms with Gasteiger partial charge in [0, 0.05) is 25.0 Å². The fraction of sp³-hybridized carbons (Fsp3) is 0.222. The number of hydrogen-bond acceptors (Lipinski definition) is 4. The van der Waals surface area contributed by atoms with Crippen molar-refractivity contribution < 1.29 is 14.3 Å². The number of amides is 1. The van der Waals surface area contributed by atoms with E-state index in [0.717, 1.165) is 11.2 Å². The lowest BCUT2D eigenvalue weighted by molar-refractivity contribution is -0.116. The molecule has 0 saturated carbocycles. The van der Waals surface area contributed by atoms with Crippen molar-refractivity contribution >= 4 is 17.2 Å². The molecule has 0 atom stereocenters. The molecule has 6 heteroatoms. The quantitative estimate of drug-likeness (QED) is 0.757. The average Bonchev–Trinajstić information content (AvgIpc) is 3.09. The van der Waals surface area contributed by atoms with Crippen LogP contribution in [0.3, 0.4) is 0 Å². The summed E-state index contributed by atoms with van der Waals surface area (Å²) in [6.07, 6.45) is 6.42. The van der Waals surface area contributed by atoms with Gasteiger partial charge in [-0.2, -0.15) is 0 Å². The third kappa shape index (κ3) is 3.32. The molecule has 6 nitrogen and oxygen atoms in total. The number of carbonyl (C=O) groups is 1. The average molecular weight is 325 g/mol. The molecule has 0 radical (unpaired) electrons. The number of nitrogens with one attached hydrogen (secondary N) is 1. The lowest BCUT2D eigenvalue weighted by Crippen LogP contribution is -2.13. The Morgan fingerprint density at radius 2 is 2.00 bits per heavy atom. The Balaban J connectivity index is 1.64. The smallest absolute Gasteiger partial charge is 0.224 e. The molecule has 3 aromatic rings. The van der Waals surface area contributed by atoms with Gasteiger partial charge in [0.05, 0.1) is 19.9 Å². The van der Waals surface area contributed by atoms with E-state index in [1.807, 2.05) is 47.1 Å². The molecule has 124 valence electrons. The number of rotatable bonds is 6. The van der Waals surface area contributed by atoms with Crippen molar-refractivity contribution in [1.29, 1.82) is 0 Å². The lowest BCUT2D eigenvalue weighted by Gasteiger charge is -2.10. The van der Waals surface area contributed by atoms with Crippen molar-refractivity contribution in [3.05, 3.63) is 54.5 Å². The molecule has 2 aromatic heterocycles. The van der Waals surface area contributed by atoms with Crippen molar-refractivity contribution in [2.75, 3.05) is 19.5 Å². The van der Waals surface area contributed by atoms with Crippen LogP contribution >= 0.6 is 0 Å². The zero-order chi connectivity index (χ0) is 16.9. The molecular formula is C18H19N3O3. The maximum Gasteiger partial charge on any atom is 0.224 e. The monoisotopic (exact) mass is 325 g/mol. The first-order chi connectivity index (χ1) is 11.7. The molecule has 0 saturated heterocycles. The minimum atomic E-state index is -0.0547. The highest BCUT2D eigenvalue weighted by atomic mass is 16.5. The largest absolute Gasteiger partial charge is 0.493 e. The number of nitrogens with zero attached hydrogens (tertiary/aromatic N) is 2. The maximum absolute atomic E-state index is 12.2. The Labute approximate surface area is 140 Å². The van der Waals surface area contributed by atoms with Crippen LogP contribution in [0.15, 0.2) is 48.9 Å². The van der Waals surface area contributed by atoms with Crippen molar-refractivity contribution in [3.63, 3.8) is 0 Å². The summed E-state index contributed by atoms with van der Waals surface area (Å²) in [6.45, 7) is 0. The minimum absolute atomic E-state index is 0.0547. The SMILES string of the molecule is COc1ccc(CCC(=O)Nc2cccn3ccnc23)cc1OC. The predicted molar refractivity (Wildman–Crippen MR) is 91.7 cm³/mol. The lowest BCUT2D eigenvalue weighted by atomic mass is 10.1.